The second-order valence-corrected chi connectivity index (χ2v) is 8.01. The molecular weight excluding hydrogens is 370 g/mol. The van der Waals surface area contributed by atoms with Crippen LogP contribution < -0.4 is 10.6 Å². The lowest BCUT2D eigenvalue weighted by Gasteiger charge is -2.32. The summed E-state index contributed by atoms with van der Waals surface area (Å²) in [5.74, 6) is 0.831. The Labute approximate surface area is 173 Å². The van der Waals surface area contributed by atoms with Crippen molar-refractivity contribution < 1.29 is 4.79 Å². The molecule has 1 atom stereocenters. The van der Waals surface area contributed by atoms with Crippen molar-refractivity contribution in [2.75, 3.05) is 33.2 Å². The zero-order valence-electron chi connectivity index (χ0n) is 16.5. The number of carbonyl (C=O) groups is 1. The zero-order valence-corrected chi connectivity index (χ0v) is 17.3. The Balaban J connectivity index is 1.61. The van der Waals surface area contributed by atoms with Gasteiger partial charge in [-0.1, -0.05) is 54.1 Å². The van der Waals surface area contributed by atoms with Crippen LogP contribution in [-0.2, 0) is 4.79 Å². The Morgan fingerprint density at radius 2 is 1.82 bits per heavy atom. The highest BCUT2D eigenvalue weighted by Crippen LogP contribution is 2.25. The molecule has 4 nitrogen and oxygen atoms in total. The van der Waals surface area contributed by atoms with Gasteiger partial charge < -0.3 is 10.6 Å². The molecule has 1 amide bonds. The summed E-state index contributed by atoms with van der Waals surface area (Å²) in [6.07, 6.45) is 3.57. The van der Waals surface area contributed by atoms with E-state index >= 15 is 0 Å². The number of nitrogens with one attached hydrogen (secondary N) is 2. The number of likely N-dealkylation sites (tertiary alicyclic amines) is 1. The van der Waals surface area contributed by atoms with E-state index in [0.717, 1.165) is 36.7 Å². The maximum absolute atomic E-state index is 12.8. The second kappa shape index (κ2) is 10.6. The molecule has 0 aromatic heterocycles. The van der Waals surface area contributed by atoms with Gasteiger partial charge in [0, 0.05) is 5.02 Å². The molecule has 2 aromatic rings. The highest BCUT2D eigenvalue weighted by Gasteiger charge is 2.22. The fourth-order valence-corrected chi connectivity index (χ4v) is 4.08. The molecule has 2 aromatic carbocycles. The Morgan fingerprint density at radius 1 is 1.11 bits per heavy atom. The number of rotatable bonds is 8. The van der Waals surface area contributed by atoms with Gasteiger partial charge in [0.1, 0.15) is 0 Å². The van der Waals surface area contributed by atoms with Crippen LogP contribution in [0.4, 0.5) is 0 Å². The Bertz CT molecular complexity index is 745. The molecule has 5 heteroatoms. The number of amides is 1. The number of nitrogens with zero attached hydrogens (tertiary/aromatic N) is 1. The molecule has 150 valence electrons. The first kappa shape index (κ1) is 20.8. The predicted molar refractivity (Wildman–Crippen MR) is 116 cm³/mol. The largest absolute Gasteiger partial charge is 0.344 e. The van der Waals surface area contributed by atoms with E-state index in [0.29, 0.717) is 11.6 Å². The van der Waals surface area contributed by atoms with E-state index in [9.17, 15) is 4.79 Å². The summed E-state index contributed by atoms with van der Waals surface area (Å²) in [7, 11) is 2.00. The minimum Gasteiger partial charge on any atom is -0.344 e. The van der Waals surface area contributed by atoms with Gasteiger partial charge in [-0.15, -0.1) is 0 Å². The number of hydrogen-bond acceptors (Lipinski definition) is 3. The first-order chi connectivity index (χ1) is 13.7. The van der Waals surface area contributed by atoms with Gasteiger partial charge in [0.2, 0.25) is 5.91 Å². The normalized spacial score (nSPS) is 16.6. The molecule has 1 aliphatic rings. The summed E-state index contributed by atoms with van der Waals surface area (Å²) in [6.45, 7) is 3.51. The van der Waals surface area contributed by atoms with Crippen LogP contribution in [0.1, 0.15) is 36.4 Å². The van der Waals surface area contributed by atoms with Crippen molar-refractivity contribution in [3.05, 3.63) is 70.7 Å². The van der Waals surface area contributed by atoms with E-state index in [1.165, 1.54) is 19.3 Å². The molecule has 0 aliphatic carbocycles. The maximum atomic E-state index is 12.8. The van der Waals surface area contributed by atoms with Crippen LogP contribution in [0.2, 0.25) is 5.02 Å². The van der Waals surface area contributed by atoms with Gasteiger partial charge in [0.25, 0.3) is 0 Å². The summed E-state index contributed by atoms with van der Waals surface area (Å²) in [4.78, 5) is 15.1. The van der Waals surface area contributed by atoms with Gasteiger partial charge >= 0.3 is 0 Å². The van der Waals surface area contributed by atoms with Crippen LogP contribution in [0.15, 0.2) is 54.6 Å². The number of halogens is 1. The number of benzene rings is 2. The van der Waals surface area contributed by atoms with Gasteiger partial charge in [-0.3, -0.25) is 9.69 Å². The quantitative estimate of drug-likeness (QED) is 0.708. The van der Waals surface area contributed by atoms with Crippen molar-refractivity contribution in [3.8, 4) is 0 Å². The average molecular weight is 400 g/mol. The Kier molecular flexibility index (Phi) is 7.90. The van der Waals surface area contributed by atoms with Gasteiger partial charge in [0.05, 0.1) is 12.6 Å². The predicted octanol–water partition coefficient (Wildman–Crippen LogP) is 3.87. The molecule has 1 heterocycles. The minimum absolute atomic E-state index is 0.0579. The fourth-order valence-electron chi connectivity index (χ4n) is 3.88. The Hall–Kier alpha value is -1.88. The van der Waals surface area contributed by atoms with Crippen molar-refractivity contribution in [1.82, 2.24) is 15.5 Å². The van der Waals surface area contributed by atoms with Crippen molar-refractivity contribution in [2.45, 2.75) is 25.3 Å². The maximum Gasteiger partial charge on any atom is 0.234 e. The minimum atomic E-state index is -0.194. The van der Waals surface area contributed by atoms with E-state index in [1.807, 2.05) is 61.6 Å². The lowest BCUT2D eigenvalue weighted by Crippen LogP contribution is -2.42. The van der Waals surface area contributed by atoms with Crippen LogP contribution in [0.5, 0.6) is 0 Å². The van der Waals surface area contributed by atoms with Gasteiger partial charge in [0.15, 0.2) is 0 Å². The number of piperidine rings is 1. The van der Waals surface area contributed by atoms with E-state index in [1.54, 1.807) is 0 Å². The van der Waals surface area contributed by atoms with E-state index in [2.05, 4.69) is 15.5 Å². The first-order valence-electron chi connectivity index (χ1n) is 10.1. The summed E-state index contributed by atoms with van der Waals surface area (Å²) in [5, 5.41) is 7.13. The van der Waals surface area contributed by atoms with Crippen LogP contribution in [-0.4, -0.2) is 44.0 Å². The standard InChI is InChI=1S/C23H30ClN3O/c1-25-13-10-18-11-14-27(15-12-18)17-22(28)26-23(19-6-3-2-4-7-19)20-8-5-9-21(24)16-20/h2-9,16,18,23,25H,10-15,17H2,1H3,(H,26,28). The smallest absolute Gasteiger partial charge is 0.234 e. The van der Waals surface area contributed by atoms with Crippen molar-refractivity contribution in [3.63, 3.8) is 0 Å². The van der Waals surface area contributed by atoms with E-state index in [4.69, 9.17) is 11.6 Å². The molecule has 0 bridgehead atoms. The first-order valence-corrected chi connectivity index (χ1v) is 10.5. The second-order valence-electron chi connectivity index (χ2n) is 7.58. The topological polar surface area (TPSA) is 44.4 Å². The lowest BCUT2D eigenvalue weighted by atomic mass is 9.93. The third-order valence-electron chi connectivity index (χ3n) is 5.50. The number of hydrogen-bond donors (Lipinski definition) is 2. The third-order valence-corrected chi connectivity index (χ3v) is 5.73. The summed E-state index contributed by atoms with van der Waals surface area (Å²) in [5.41, 5.74) is 2.06. The molecular formula is C23H30ClN3O. The fraction of sp³-hybridized carbons (Fsp3) is 0.435. The number of carbonyl (C=O) groups excluding carboxylic acids is 1. The summed E-state index contributed by atoms with van der Waals surface area (Å²) < 4.78 is 0. The molecule has 1 aliphatic heterocycles. The van der Waals surface area contributed by atoms with Gasteiger partial charge in [-0.2, -0.15) is 0 Å². The van der Waals surface area contributed by atoms with E-state index < -0.39 is 0 Å². The van der Waals surface area contributed by atoms with Crippen LogP contribution in [0.25, 0.3) is 0 Å². The van der Waals surface area contributed by atoms with Gasteiger partial charge in [-0.25, -0.2) is 0 Å². The molecule has 2 N–H and O–H groups in total. The third kappa shape index (κ3) is 6.06. The van der Waals surface area contributed by atoms with Crippen molar-refractivity contribution in [1.29, 1.82) is 0 Å². The average Bonchev–Trinajstić information content (AvgIpc) is 2.72. The summed E-state index contributed by atoms with van der Waals surface area (Å²) in [6, 6.07) is 17.6. The molecule has 0 spiro atoms. The molecule has 0 radical (unpaired) electrons. The van der Waals surface area contributed by atoms with Crippen molar-refractivity contribution in [2.24, 2.45) is 5.92 Å². The lowest BCUT2D eigenvalue weighted by molar-refractivity contribution is -0.123. The molecule has 3 rings (SSSR count). The van der Waals surface area contributed by atoms with Crippen molar-refractivity contribution >= 4 is 17.5 Å². The van der Waals surface area contributed by atoms with Crippen LogP contribution >= 0.6 is 11.6 Å². The summed E-state index contributed by atoms with van der Waals surface area (Å²) >= 11 is 6.19. The molecule has 1 saturated heterocycles. The zero-order chi connectivity index (χ0) is 19.8. The van der Waals surface area contributed by atoms with Gasteiger partial charge in [-0.05, 0) is 75.1 Å². The monoisotopic (exact) mass is 399 g/mol. The van der Waals surface area contributed by atoms with Crippen LogP contribution in [0.3, 0.4) is 0 Å². The molecule has 28 heavy (non-hydrogen) atoms. The van der Waals surface area contributed by atoms with E-state index in [-0.39, 0.29) is 11.9 Å². The molecule has 1 unspecified atom stereocenters. The highest BCUT2D eigenvalue weighted by molar-refractivity contribution is 6.30. The van der Waals surface area contributed by atoms with Crippen LogP contribution in [0, 0.1) is 5.92 Å². The highest BCUT2D eigenvalue weighted by atomic mass is 35.5. The molecule has 1 fully saturated rings. The Morgan fingerprint density at radius 3 is 2.50 bits per heavy atom. The molecule has 0 saturated carbocycles. The SMILES string of the molecule is CNCCC1CCN(CC(=O)NC(c2ccccc2)c2cccc(Cl)c2)CC1.